The second-order valence-electron chi connectivity index (χ2n) is 0.447. The first-order valence-electron chi connectivity index (χ1n) is 0.730. The molecule has 0 rings (SSSR count). The molecule has 0 saturated heterocycles. The Labute approximate surface area is 62.9 Å². The van der Waals surface area contributed by atoms with Crippen LogP contribution in [0.4, 0.5) is 0 Å². The van der Waals surface area contributed by atoms with Gasteiger partial charge in [0.1, 0.15) is 0 Å². The van der Waals surface area contributed by atoms with Crippen molar-refractivity contribution in [3.05, 3.63) is 0 Å². The Morgan fingerprint density at radius 3 is 1.14 bits per heavy atom. The van der Waals surface area contributed by atoms with Gasteiger partial charge >= 0.3 is 17.1 Å². The van der Waals surface area contributed by atoms with E-state index in [0.29, 0.717) is 0 Å². The van der Waals surface area contributed by atoms with E-state index in [2.05, 4.69) is 0 Å². The first-order valence-corrected chi connectivity index (χ1v) is 2.19. The maximum absolute atomic E-state index is 8.55. The maximum atomic E-state index is 8.55. The van der Waals surface area contributed by atoms with Crippen molar-refractivity contribution in [3.63, 3.8) is 0 Å². The molecule has 0 saturated carbocycles. The summed E-state index contributed by atoms with van der Waals surface area (Å²) >= 11 is 0. The number of hydrogen-bond donors (Lipinski definition) is 0. The monoisotopic (exact) mass is 201 g/mol. The van der Waals surface area contributed by atoms with Crippen molar-refractivity contribution in [2.45, 2.75) is 0 Å². The average molecular weight is 201 g/mol. The van der Waals surface area contributed by atoms with Gasteiger partial charge in [0.25, 0.3) is 0 Å². The first-order chi connectivity index (χ1) is 2.00. The van der Waals surface area contributed by atoms with Crippen LogP contribution >= 0.6 is 7.82 Å². The van der Waals surface area contributed by atoms with E-state index in [9.17, 15) is 0 Å². The van der Waals surface area contributed by atoms with Crippen molar-refractivity contribution in [1.29, 1.82) is 0 Å². The van der Waals surface area contributed by atoms with Crippen LogP contribution in [0.5, 0.6) is 0 Å². The van der Waals surface area contributed by atoms with Crippen molar-refractivity contribution in [3.8, 4) is 0 Å². The molecule has 0 bridgehead atoms. The fourth-order valence-electron chi connectivity index (χ4n) is 0. The summed E-state index contributed by atoms with van der Waals surface area (Å²) in [6.45, 7) is 0. The summed E-state index contributed by atoms with van der Waals surface area (Å²) in [6, 6.07) is 0. The summed E-state index contributed by atoms with van der Waals surface area (Å²) in [4.78, 5) is 25.6. The standard InChI is InChI=1S/Mn.H3O4P.V/c;1-5(2,3)4;/h;(H3,1,2,3,4);/q+2;;/p-3. The number of rotatable bonds is 0. The third-order valence-electron chi connectivity index (χ3n) is 0. The summed E-state index contributed by atoms with van der Waals surface area (Å²) in [5.41, 5.74) is 0. The average Bonchev–Trinajstić information content (AvgIpc) is 0.722. The van der Waals surface area contributed by atoms with Gasteiger partial charge in [-0.2, -0.15) is 7.82 Å². The summed E-state index contributed by atoms with van der Waals surface area (Å²) in [5, 5.41) is 0. The van der Waals surface area contributed by atoms with E-state index in [1.54, 1.807) is 0 Å². The van der Waals surface area contributed by atoms with Gasteiger partial charge in [0.2, 0.25) is 0 Å². The van der Waals surface area contributed by atoms with E-state index < -0.39 is 7.82 Å². The minimum absolute atomic E-state index is 0. The van der Waals surface area contributed by atoms with Crippen LogP contribution in [-0.4, -0.2) is 0 Å². The molecule has 0 atom stereocenters. The van der Waals surface area contributed by atoms with E-state index in [4.69, 9.17) is 19.2 Å². The van der Waals surface area contributed by atoms with Gasteiger partial charge in [-0.05, 0) is 0 Å². The fourth-order valence-corrected chi connectivity index (χ4v) is 0. The molecule has 7 heavy (non-hydrogen) atoms. The molecule has 0 aromatic rings. The molecular formula is MnO4PV-. The molecule has 0 amide bonds. The van der Waals surface area contributed by atoms with Gasteiger partial charge in [-0.15, -0.1) is 0 Å². The van der Waals surface area contributed by atoms with Crippen molar-refractivity contribution < 1.29 is 54.9 Å². The van der Waals surface area contributed by atoms with Crippen LogP contribution in [0.3, 0.4) is 0 Å². The molecule has 0 spiro atoms. The molecule has 0 unspecified atom stereocenters. The number of phosphoric acid groups is 1. The van der Waals surface area contributed by atoms with Crippen LogP contribution in [0.1, 0.15) is 0 Å². The predicted molar refractivity (Wildman–Crippen MR) is 7.61 cm³/mol. The smallest absolute Gasteiger partial charge is 0.822 e. The van der Waals surface area contributed by atoms with Gasteiger partial charge in [0.15, 0.2) is 0 Å². The van der Waals surface area contributed by atoms with Crippen LogP contribution in [-0.2, 0) is 40.2 Å². The molecule has 7 heteroatoms. The van der Waals surface area contributed by atoms with Gasteiger partial charge in [-0.3, -0.25) is 0 Å². The Morgan fingerprint density at radius 2 is 1.14 bits per heavy atom. The summed E-state index contributed by atoms with van der Waals surface area (Å²) in [5.74, 6) is 0. The molecule has 0 N–H and O–H groups in total. The van der Waals surface area contributed by atoms with Crippen LogP contribution in [0.2, 0.25) is 0 Å². The summed E-state index contributed by atoms with van der Waals surface area (Å²) in [7, 11) is -5.39. The fraction of sp³-hybridized carbons (Fsp3) is 0. The van der Waals surface area contributed by atoms with E-state index in [1.165, 1.54) is 0 Å². The molecule has 0 heterocycles. The minimum atomic E-state index is -5.39. The van der Waals surface area contributed by atoms with Crippen LogP contribution < -0.4 is 14.7 Å². The quantitative estimate of drug-likeness (QED) is 0.312. The first kappa shape index (κ1) is 15.7. The third kappa shape index (κ3) is 133. The van der Waals surface area contributed by atoms with Crippen LogP contribution in [0, 0.1) is 0 Å². The Balaban J connectivity index is -0.0000000800. The van der Waals surface area contributed by atoms with E-state index >= 15 is 0 Å². The van der Waals surface area contributed by atoms with E-state index in [1.807, 2.05) is 0 Å². The maximum Gasteiger partial charge on any atom is 2.00 e. The Morgan fingerprint density at radius 1 is 1.14 bits per heavy atom. The molecule has 42 valence electrons. The van der Waals surface area contributed by atoms with Crippen LogP contribution in [0.25, 0.3) is 0 Å². The van der Waals surface area contributed by atoms with Gasteiger partial charge in [0, 0.05) is 18.6 Å². The van der Waals surface area contributed by atoms with Gasteiger partial charge < -0.3 is 19.2 Å². The zero-order chi connectivity index (χ0) is 4.50. The largest absolute Gasteiger partial charge is 2.00 e. The Hall–Kier alpha value is 1.21. The number of hydrogen-bond acceptors (Lipinski definition) is 4. The van der Waals surface area contributed by atoms with Crippen molar-refractivity contribution in [2.75, 3.05) is 0 Å². The van der Waals surface area contributed by atoms with E-state index in [-0.39, 0.29) is 35.6 Å². The molecule has 2 radical (unpaired) electrons. The summed E-state index contributed by atoms with van der Waals surface area (Å²) < 4.78 is 8.55. The molecule has 0 aromatic heterocycles. The second kappa shape index (κ2) is 5.35. The third-order valence-corrected chi connectivity index (χ3v) is 0. The molecule has 4 nitrogen and oxygen atoms in total. The normalized spacial score (nSPS) is 8.43. The Kier molecular flexibility index (Phi) is 12.0. The van der Waals surface area contributed by atoms with Crippen molar-refractivity contribution in [2.24, 2.45) is 0 Å². The second-order valence-corrected chi connectivity index (χ2v) is 1.34. The zero-order valence-electron chi connectivity index (χ0n) is 2.91. The SMILES string of the molecule is O=P([O-])([O-])[O-].[Mn+2].[V]. The summed E-state index contributed by atoms with van der Waals surface area (Å²) in [6.07, 6.45) is 0. The molecule has 0 aliphatic carbocycles. The molecule has 0 aliphatic heterocycles. The molecule has 0 fully saturated rings. The zero-order valence-corrected chi connectivity index (χ0v) is 6.38. The topological polar surface area (TPSA) is 86.2 Å². The molecule has 0 aromatic carbocycles. The van der Waals surface area contributed by atoms with E-state index in [0.717, 1.165) is 0 Å². The molecular weight excluding hydrogens is 201 g/mol. The van der Waals surface area contributed by atoms with Gasteiger partial charge in [-0.1, -0.05) is 0 Å². The Bertz CT molecular complexity index is 57.8. The minimum Gasteiger partial charge on any atom is -0.822 e. The predicted octanol–water partition coefficient (Wildman–Crippen LogP) is -2.83. The molecule has 0 aliphatic rings. The van der Waals surface area contributed by atoms with Crippen molar-refractivity contribution in [1.82, 2.24) is 0 Å². The van der Waals surface area contributed by atoms with Crippen LogP contribution in [0.15, 0.2) is 0 Å². The van der Waals surface area contributed by atoms with Crippen molar-refractivity contribution >= 4 is 7.82 Å². The van der Waals surface area contributed by atoms with Gasteiger partial charge in [-0.25, -0.2) is 0 Å². The van der Waals surface area contributed by atoms with Gasteiger partial charge in [0.05, 0.1) is 0 Å².